The van der Waals surface area contributed by atoms with Gasteiger partial charge in [-0.05, 0) is 30.7 Å². The van der Waals surface area contributed by atoms with Gasteiger partial charge in [0.05, 0.1) is 22.2 Å². The second kappa shape index (κ2) is 8.62. The molecule has 29 heavy (non-hydrogen) atoms. The third-order valence-electron chi connectivity index (χ3n) is 4.34. The maximum absolute atomic E-state index is 12.6. The fraction of sp³-hybridized carbons (Fsp3) is 0.200. The largest absolute Gasteiger partial charge is 0.345 e. The molecule has 1 heterocycles. The van der Waals surface area contributed by atoms with Crippen LogP contribution in [0.4, 0.5) is 0 Å². The first kappa shape index (κ1) is 21.4. The van der Waals surface area contributed by atoms with Crippen LogP contribution in [-0.4, -0.2) is 37.7 Å². The Bertz CT molecular complexity index is 1130. The lowest BCUT2D eigenvalue weighted by Gasteiger charge is -2.15. The summed E-state index contributed by atoms with van der Waals surface area (Å²) < 4.78 is 25.5. The summed E-state index contributed by atoms with van der Waals surface area (Å²) >= 11 is 7.46. The Morgan fingerprint density at radius 3 is 2.41 bits per heavy atom. The van der Waals surface area contributed by atoms with E-state index in [0.29, 0.717) is 14.9 Å². The highest BCUT2D eigenvalue weighted by molar-refractivity contribution is 7.89. The van der Waals surface area contributed by atoms with E-state index in [9.17, 15) is 13.2 Å². The van der Waals surface area contributed by atoms with E-state index >= 15 is 0 Å². The molecular formula is C20H20ClN3O3S2. The monoisotopic (exact) mass is 449 g/mol. The van der Waals surface area contributed by atoms with Crippen LogP contribution in [0.15, 0.2) is 59.6 Å². The molecule has 6 nitrogen and oxygen atoms in total. The minimum absolute atomic E-state index is 0.205. The van der Waals surface area contributed by atoms with Gasteiger partial charge in [0.1, 0.15) is 9.88 Å². The van der Waals surface area contributed by atoms with Crippen molar-refractivity contribution < 1.29 is 13.2 Å². The number of rotatable bonds is 6. The normalized spacial score (nSPS) is 12.7. The number of amides is 1. The standard InChI is InChI=1S/C20H20ClN3O3S2/c1-13(14-8-10-15(11-9-14)29(26,27)24(2)3)23-19(25)18-12-22-20(28-18)16-6-4-5-7-17(16)21/h4-13H,1-3H3,(H,23,25). The number of sulfonamides is 1. The van der Waals surface area contributed by atoms with Gasteiger partial charge in [-0.2, -0.15) is 0 Å². The van der Waals surface area contributed by atoms with Gasteiger partial charge < -0.3 is 5.32 Å². The van der Waals surface area contributed by atoms with E-state index in [4.69, 9.17) is 11.6 Å². The van der Waals surface area contributed by atoms with E-state index in [1.165, 1.54) is 43.8 Å². The molecule has 0 fully saturated rings. The summed E-state index contributed by atoms with van der Waals surface area (Å²) in [6.07, 6.45) is 1.53. The molecule has 3 aromatic rings. The van der Waals surface area contributed by atoms with Crippen molar-refractivity contribution in [3.05, 3.63) is 70.2 Å². The van der Waals surface area contributed by atoms with Crippen LogP contribution >= 0.6 is 22.9 Å². The van der Waals surface area contributed by atoms with Crippen LogP contribution in [0.3, 0.4) is 0 Å². The van der Waals surface area contributed by atoms with E-state index in [0.717, 1.165) is 15.4 Å². The summed E-state index contributed by atoms with van der Waals surface area (Å²) in [5, 5.41) is 4.16. The lowest BCUT2D eigenvalue weighted by molar-refractivity contribution is 0.0943. The van der Waals surface area contributed by atoms with E-state index < -0.39 is 10.0 Å². The zero-order chi connectivity index (χ0) is 21.2. The number of carbonyl (C=O) groups excluding carboxylic acids is 1. The van der Waals surface area contributed by atoms with Crippen molar-refractivity contribution >= 4 is 38.9 Å². The molecule has 2 aromatic carbocycles. The predicted molar refractivity (Wildman–Crippen MR) is 116 cm³/mol. The number of benzene rings is 2. The molecule has 1 aromatic heterocycles. The van der Waals surface area contributed by atoms with Crippen LogP contribution in [0.25, 0.3) is 10.6 Å². The average molecular weight is 450 g/mol. The second-order valence-corrected chi connectivity index (χ2v) is 10.2. The van der Waals surface area contributed by atoms with Crippen molar-refractivity contribution in [1.29, 1.82) is 0 Å². The molecule has 1 amide bonds. The van der Waals surface area contributed by atoms with Crippen LogP contribution in [0.2, 0.25) is 5.02 Å². The Hall–Kier alpha value is -2.26. The third-order valence-corrected chi connectivity index (χ3v) is 7.53. The van der Waals surface area contributed by atoms with Gasteiger partial charge in [0, 0.05) is 19.7 Å². The molecule has 1 unspecified atom stereocenters. The lowest BCUT2D eigenvalue weighted by Crippen LogP contribution is -2.26. The third kappa shape index (κ3) is 4.67. The molecule has 9 heteroatoms. The highest BCUT2D eigenvalue weighted by Gasteiger charge is 2.19. The summed E-state index contributed by atoms with van der Waals surface area (Å²) in [7, 11) is -0.516. The van der Waals surface area contributed by atoms with Gasteiger partial charge in [-0.15, -0.1) is 11.3 Å². The maximum Gasteiger partial charge on any atom is 0.263 e. The van der Waals surface area contributed by atoms with Crippen molar-refractivity contribution in [2.24, 2.45) is 0 Å². The van der Waals surface area contributed by atoms with Gasteiger partial charge in [0.15, 0.2) is 0 Å². The number of hydrogen-bond acceptors (Lipinski definition) is 5. The molecule has 0 saturated carbocycles. The van der Waals surface area contributed by atoms with Crippen molar-refractivity contribution in [3.63, 3.8) is 0 Å². The number of nitrogens with one attached hydrogen (secondary N) is 1. The maximum atomic E-state index is 12.6. The van der Waals surface area contributed by atoms with Crippen LogP contribution in [0.1, 0.15) is 28.2 Å². The Balaban J connectivity index is 1.72. The van der Waals surface area contributed by atoms with Gasteiger partial charge in [-0.3, -0.25) is 4.79 Å². The summed E-state index contributed by atoms with van der Waals surface area (Å²) in [5.74, 6) is -0.252. The summed E-state index contributed by atoms with van der Waals surface area (Å²) in [6, 6.07) is 13.5. The first-order chi connectivity index (χ1) is 13.7. The molecule has 0 radical (unpaired) electrons. The molecule has 3 rings (SSSR count). The minimum atomic E-state index is -3.48. The Kier molecular flexibility index (Phi) is 6.38. The topological polar surface area (TPSA) is 79.4 Å². The molecular weight excluding hydrogens is 430 g/mol. The summed E-state index contributed by atoms with van der Waals surface area (Å²) in [5.41, 5.74) is 1.58. The minimum Gasteiger partial charge on any atom is -0.345 e. The van der Waals surface area contributed by atoms with E-state index in [2.05, 4.69) is 10.3 Å². The molecule has 152 valence electrons. The molecule has 0 aliphatic carbocycles. The van der Waals surface area contributed by atoms with Crippen molar-refractivity contribution in [2.45, 2.75) is 17.9 Å². The number of halogens is 1. The van der Waals surface area contributed by atoms with Gasteiger partial charge in [0.2, 0.25) is 10.0 Å². The zero-order valence-electron chi connectivity index (χ0n) is 16.1. The van der Waals surface area contributed by atoms with Crippen molar-refractivity contribution in [3.8, 4) is 10.6 Å². The fourth-order valence-corrected chi connectivity index (χ4v) is 4.67. The number of aromatic nitrogens is 1. The van der Waals surface area contributed by atoms with Gasteiger partial charge in [0.25, 0.3) is 5.91 Å². The number of carbonyl (C=O) groups is 1. The Morgan fingerprint density at radius 2 is 1.79 bits per heavy atom. The fourth-order valence-electron chi connectivity index (χ4n) is 2.63. The van der Waals surface area contributed by atoms with E-state index in [1.54, 1.807) is 18.2 Å². The first-order valence-corrected chi connectivity index (χ1v) is 11.4. The predicted octanol–water partition coefficient (Wildman–Crippen LogP) is 4.20. The second-order valence-electron chi connectivity index (χ2n) is 6.56. The molecule has 0 saturated heterocycles. The van der Waals surface area contributed by atoms with E-state index in [1.807, 2.05) is 25.1 Å². The van der Waals surface area contributed by atoms with Crippen LogP contribution in [-0.2, 0) is 10.0 Å². The zero-order valence-corrected chi connectivity index (χ0v) is 18.5. The number of hydrogen-bond donors (Lipinski definition) is 1. The highest BCUT2D eigenvalue weighted by Crippen LogP contribution is 2.31. The molecule has 0 aliphatic heterocycles. The van der Waals surface area contributed by atoms with Crippen LogP contribution in [0.5, 0.6) is 0 Å². The highest BCUT2D eigenvalue weighted by atomic mass is 35.5. The van der Waals surface area contributed by atoms with E-state index in [-0.39, 0.29) is 16.8 Å². The molecule has 1 N–H and O–H groups in total. The van der Waals surface area contributed by atoms with Crippen molar-refractivity contribution in [1.82, 2.24) is 14.6 Å². The molecule has 0 spiro atoms. The summed E-state index contributed by atoms with van der Waals surface area (Å²) in [6.45, 7) is 1.84. The number of nitrogens with zero attached hydrogens (tertiary/aromatic N) is 2. The van der Waals surface area contributed by atoms with Gasteiger partial charge in [-0.1, -0.05) is 41.9 Å². The Labute approximate surface area is 179 Å². The smallest absolute Gasteiger partial charge is 0.263 e. The molecule has 0 aliphatic rings. The first-order valence-electron chi connectivity index (χ1n) is 8.74. The van der Waals surface area contributed by atoms with Gasteiger partial charge >= 0.3 is 0 Å². The quantitative estimate of drug-likeness (QED) is 0.611. The average Bonchev–Trinajstić information content (AvgIpc) is 3.18. The summed E-state index contributed by atoms with van der Waals surface area (Å²) in [4.78, 5) is 17.6. The number of thiazole rings is 1. The van der Waals surface area contributed by atoms with Crippen molar-refractivity contribution in [2.75, 3.05) is 14.1 Å². The van der Waals surface area contributed by atoms with Gasteiger partial charge in [-0.25, -0.2) is 17.7 Å². The molecule has 1 atom stereocenters. The molecule has 0 bridgehead atoms. The Morgan fingerprint density at radius 1 is 1.14 bits per heavy atom. The van der Waals surface area contributed by atoms with Crippen LogP contribution < -0.4 is 5.32 Å². The lowest BCUT2D eigenvalue weighted by atomic mass is 10.1. The SMILES string of the molecule is CC(NC(=O)c1cnc(-c2ccccc2Cl)s1)c1ccc(S(=O)(=O)N(C)C)cc1. The van der Waals surface area contributed by atoms with Crippen LogP contribution in [0, 0.1) is 0 Å².